The fraction of sp³-hybridized carbons (Fsp3) is 0.143. The normalized spacial score (nSPS) is 14.6. The molecule has 11 heavy (non-hydrogen) atoms. The largest absolute Gasteiger partial charge is 0.177 e. The summed E-state index contributed by atoms with van der Waals surface area (Å²) in [5.74, 6) is 0. The second-order valence-corrected chi connectivity index (χ2v) is 3.45. The van der Waals surface area contributed by atoms with E-state index in [1.807, 2.05) is 18.2 Å². The maximum Gasteiger partial charge on any atom is 0.0871 e. The van der Waals surface area contributed by atoms with E-state index in [4.69, 9.17) is 11.6 Å². The van der Waals surface area contributed by atoms with Crippen LogP contribution in [-0.4, -0.2) is 0 Å². The quantitative estimate of drug-likeness (QED) is 0.568. The van der Waals surface area contributed by atoms with Gasteiger partial charge in [0.15, 0.2) is 0 Å². The molecule has 0 radical (unpaired) electrons. The van der Waals surface area contributed by atoms with Gasteiger partial charge in [0.1, 0.15) is 0 Å². The summed E-state index contributed by atoms with van der Waals surface area (Å²) < 4.78 is 3.84. The Hall–Kier alpha value is -0.540. The zero-order valence-corrected chi connectivity index (χ0v) is 7.19. The Morgan fingerprint density at radius 1 is 1.45 bits per heavy atom. The van der Waals surface area contributed by atoms with E-state index < -0.39 is 0 Å². The number of rotatable bonds is 0. The summed E-state index contributed by atoms with van der Waals surface area (Å²) in [7, 11) is 0. The molecule has 0 saturated carbocycles. The minimum Gasteiger partial charge on any atom is -0.177 e. The second kappa shape index (κ2) is 2.83. The monoisotopic (exact) mass is 184 g/mol. The van der Waals surface area contributed by atoms with Gasteiger partial charge in [-0.05, 0) is 17.7 Å². The van der Waals surface area contributed by atoms with Crippen LogP contribution in [-0.2, 0) is 6.54 Å². The third kappa shape index (κ3) is 1.39. The third-order valence-electron chi connectivity index (χ3n) is 1.47. The third-order valence-corrected chi connectivity index (χ3v) is 2.48. The first kappa shape index (κ1) is 7.13. The Balaban J connectivity index is 2.48. The molecular formula is C7H5ClN2S. The van der Waals surface area contributed by atoms with Crippen LogP contribution in [0.5, 0.6) is 0 Å². The molecule has 0 aromatic heterocycles. The molecule has 0 bridgehead atoms. The zero-order valence-electron chi connectivity index (χ0n) is 5.62. The first-order chi connectivity index (χ1) is 5.36. The summed E-state index contributed by atoms with van der Waals surface area (Å²) in [6.45, 7) is 0.680. The summed E-state index contributed by atoms with van der Waals surface area (Å²) >= 11 is 7.17. The number of hydrogen-bond acceptors (Lipinski definition) is 3. The van der Waals surface area contributed by atoms with Crippen molar-refractivity contribution in [2.45, 2.75) is 11.4 Å². The van der Waals surface area contributed by atoms with E-state index in [2.05, 4.69) is 9.63 Å². The van der Waals surface area contributed by atoms with Gasteiger partial charge < -0.3 is 0 Å². The van der Waals surface area contributed by atoms with E-state index in [0.717, 1.165) is 9.92 Å². The highest BCUT2D eigenvalue weighted by molar-refractivity contribution is 7.98. The SMILES string of the molecule is Clc1ccc2c(c1)SN=NC2. The number of halogens is 1. The molecule has 1 heterocycles. The first-order valence-corrected chi connectivity index (χ1v) is 4.33. The summed E-state index contributed by atoms with van der Waals surface area (Å²) in [5.41, 5.74) is 1.20. The molecule has 1 aromatic carbocycles. The predicted octanol–water partition coefficient (Wildman–Crippen LogP) is 3.31. The highest BCUT2D eigenvalue weighted by Crippen LogP contribution is 2.31. The van der Waals surface area contributed by atoms with Crippen molar-refractivity contribution in [1.29, 1.82) is 0 Å². The first-order valence-electron chi connectivity index (χ1n) is 3.18. The standard InChI is InChI=1S/C7H5ClN2S/c8-6-2-1-5-4-9-10-11-7(5)3-6/h1-3H,4H2. The van der Waals surface area contributed by atoms with Crippen molar-refractivity contribution >= 4 is 23.5 Å². The van der Waals surface area contributed by atoms with Gasteiger partial charge >= 0.3 is 0 Å². The van der Waals surface area contributed by atoms with Crippen molar-refractivity contribution in [3.8, 4) is 0 Å². The van der Waals surface area contributed by atoms with Gasteiger partial charge in [0.2, 0.25) is 0 Å². The van der Waals surface area contributed by atoms with Crippen LogP contribution < -0.4 is 0 Å². The Morgan fingerprint density at radius 2 is 2.36 bits per heavy atom. The van der Waals surface area contributed by atoms with Crippen LogP contribution >= 0.6 is 23.5 Å². The molecular weight excluding hydrogens is 180 g/mol. The van der Waals surface area contributed by atoms with E-state index in [9.17, 15) is 0 Å². The average Bonchev–Trinajstić information content (AvgIpc) is 2.04. The Labute approximate surface area is 73.8 Å². The van der Waals surface area contributed by atoms with Gasteiger partial charge in [-0.1, -0.05) is 17.7 Å². The fourth-order valence-electron chi connectivity index (χ4n) is 0.922. The van der Waals surface area contributed by atoms with Gasteiger partial charge in [-0.15, -0.1) is 4.52 Å². The van der Waals surface area contributed by atoms with Gasteiger partial charge in [0, 0.05) is 21.9 Å². The van der Waals surface area contributed by atoms with Crippen LogP contribution in [0, 0.1) is 0 Å². The molecule has 0 saturated heterocycles. The molecule has 0 amide bonds. The zero-order chi connectivity index (χ0) is 7.68. The van der Waals surface area contributed by atoms with Gasteiger partial charge in [-0.2, -0.15) is 5.11 Å². The lowest BCUT2D eigenvalue weighted by Crippen LogP contribution is -1.87. The van der Waals surface area contributed by atoms with E-state index in [-0.39, 0.29) is 0 Å². The molecule has 1 aliphatic heterocycles. The summed E-state index contributed by atoms with van der Waals surface area (Å²) in [6.07, 6.45) is 0. The smallest absolute Gasteiger partial charge is 0.0871 e. The van der Waals surface area contributed by atoms with Gasteiger partial charge in [-0.3, -0.25) is 0 Å². The molecule has 1 aliphatic rings. The highest BCUT2D eigenvalue weighted by atomic mass is 35.5. The topological polar surface area (TPSA) is 24.7 Å². The number of fused-ring (bicyclic) bond motifs is 1. The summed E-state index contributed by atoms with van der Waals surface area (Å²) in [5, 5.41) is 4.65. The Morgan fingerprint density at radius 3 is 3.27 bits per heavy atom. The average molecular weight is 185 g/mol. The van der Waals surface area contributed by atoms with Crippen molar-refractivity contribution in [1.82, 2.24) is 0 Å². The van der Waals surface area contributed by atoms with Crippen LogP contribution in [0.2, 0.25) is 5.02 Å². The lowest BCUT2D eigenvalue weighted by molar-refractivity contribution is 0.940. The lowest BCUT2D eigenvalue weighted by Gasteiger charge is -2.06. The molecule has 2 rings (SSSR count). The van der Waals surface area contributed by atoms with Crippen molar-refractivity contribution < 1.29 is 0 Å². The molecule has 0 N–H and O–H groups in total. The Bertz CT molecular complexity index is 311. The molecule has 56 valence electrons. The maximum atomic E-state index is 5.79. The molecule has 0 fully saturated rings. The molecule has 0 spiro atoms. The van der Waals surface area contributed by atoms with E-state index >= 15 is 0 Å². The van der Waals surface area contributed by atoms with E-state index in [1.54, 1.807) is 0 Å². The highest BCUT2D eigenvalue weighted by Gasteiger charge is 2.06. The van der Waals surface area contributed by atoms with Gasteiger partial charge in [0.25, 0.3) is 0 Å². The van der Waals surface area contributed by atoms with Crippen molar-refractivity contribution in [2.24, 2.45) is 9.63 Å². The minimum absolute atomic E-state index is 0.680. The summed E-state index contributed by atoms with van der Waals surface area (Å²) in [4.78, 5) is 1.12. The summed E-state index contributed by atoms with van der Waals surface area (Å²) in [6, 6.07) is 5.78. The Kier molecular flexibility index (Phi) is 1.84. The minimum atomic E-state index is 0.680. The predicted molar refractivity (Wildman–Crippen MR) is 45.9 cm³/mol. The van der Waals surface area contributed by atoms with E-state index in [0.29, 0.717) is 6.54 Å². The number of hydrogen-bond donors (Lipinski definition) is 0. The molecule has 0 aliphatic carbocycles. The van der Waals surface area contributed by atoms with Crippen molar-refractivity contribution in [3.05, 3.63) is 28.8 Å². The molecule has 1 aromatic rings. The van der Waals surface area contributed by atoms with Crippen molar-refractivity contribution in [2.75, 3.05) is 0 Å². The van der Waals surface area contributed by atoms with E-state index in [1.165, 1.54) is 17.5 Å². The molecule has 0 atom stereocenters. The second-order valence-electron chi connectivity index (χ2n) is 2.22. The van der Waals surface area contributed by atoms with Crippen LogP contribution in [0.1, 0.15) is 5.56 Å². The maximum absolute atomic E-state index is 5.79. The number of nitrogens with zero attached hydrogens (tertiary/aromatic N) is 2. The lowest BCUT2D eigenvalue weighted by atomic mass is 10.2. The van der Waals surface area contributed by atoms with Crippen LogP contribution in [0.25, 0.3) is 0 Å². The van der Waals surface area contributed by atoms with Crippen molar-refractivity contribution in [3.63, 3.8) is 0 Å². The molecule has 2 nitrogen and oxygen atoms in total. The molecule has 0 unspecified atom stereocenters. The van der Waals surface area contributed by atoms with Crippen LogP contribution in [0.4, 0.5) is 0 Å². The fourth-order valence-corrected chi connectivity index (χ4v) is 1.79. The van der Waals surface area contributed by atoms with Crippen LogP contribution in [0.3, 0.4) is 0 Å². The molecule has 4 heteroatoms. The van der Waals surface area contributed by atoms with Gasteiger partial charge in [0.05, 0.1) is 6.54 Å². The number of benzene rings is 1. The van der Waals surface area contributed by atoms with Gasteiger partial charge in [-0.25, -0.2) is 0 Å². The van der Waals surface area contributed by atoms with Crippen LogP contribution in [0.15, 0.2) is 32.7 Å².